The van der Waals surface area contributed by atoms with Crippen LogP contribution in [0.5, 0.6) is 11.5 Å². The lowest BCUT2D eigenvalue weighted by Gasteiger charge is -2.13. The molecular formula is C22H17N3O5S2. The number of para-hydroxylation sites is 1. The van der Waals surface area contributed by atoms with Crippen molar-refractivity contribution in [3.05, 3.63) is 59.5 Å². The number of nitrogens with zero attached hydrogens (tertiary/aromatic N) is 1. The number of rotatable bonds is 6. The minimum absolute atomic E-state index is 0.150. The van der Waals surface area contributed by atoms with E-state index in [-0.39, 0.29) is 6.79 Å². The van der Waals surface area contributed by atoms with Crippen molar-refractivity contribution in [1.82, 2.24) is 4.98 Å². The molecule has 162 valence electrons. The minimum atomic E-state index is -0.976. The molecule has 32 heavy (non-hydrogen) atoms. The van der Waals surface area contributed by atoms with Gasteiger partial charge in [0.1, 0.15) is 9.71 Å². The van der Waals surface area contributed by atoms with Crippen molar-refractivity contribution >= 4 is 60.6 Å². The fourth-order valence-electron chi connectivity index (χ4n) is 3.02. The Bertz CT molecular complexity index is 1270. The van der Waals surface area contributed by atoms with Crippen molar-refractivity contribution in [2.24, 2.45) is 0 Å². The molecule has 0 aliphatic carbocycles. The maximum absolute atomic E-state index is 12.5. The molecule has 2 aromatic carbocycles. The van der Waals surface area contributed by atoms with Crippen molar-refractivity contribution in [1.29, 1.82) is 0 Å². The van der Waals surface area contributed by atoms with Gasteiger partial charge in [-0.2, -0.15) is 0 Å². The van der Waals surface area contributed by atoms with Gasteiger partial charge in [-0.1, -0.05) is 29.5 Å². The summed E-state index contributed by atoms with van der Waals surface area (Å²) in [7, 11) is 0. The molecule has 10 heteroatoms. The van der Waals surface area contributed by atoms with Crippen LogP contribution < -0.4 is 20.1 Å². The van der Waals surface area contributed by atoms with Gasteiger partial charge in [-0.3, -0.25) is 4.79 Å². The maximum Gasteiger partial charge on any atom is 0.349 e. The first-order chi connectivity index (χ1) is 15.5. The molecule has 1 aliphatic heterocycles. The number of amides is 1. The second-order valence-electron chi connectivity index (χ2n) is 6.89. The zero-order valence-electron chi connectivity index (χ0n) is 16.8. The van der Waals surface area contributed by atoms with E-state index >= 15 is 0 Å². The second kappa shape index (κ2) is 8.48. The number of thiophene rings is 1. The summed E-state index contributed by atoms with van der Waals surface area (Å²) in [5, 5.41) is 6.70. The van der Waals surface area contributed by atoms with Gasteiger partial charge in [0, 0.05) is 17.4 Å². The molecule has 2 aromatic heterocycles. The Morgan fingerprint density at radius 2 is 1.84 bits per heavy atom. The molecule has 1 unspecified atom stereocenters. The Morgan fingerprint density at radius 1 is 1.03 bits per heavy atom. The number of hydrogen-bond acceptors (Lipinski definition) is 9. The van der Waals surface area contributed by atoms with E-state index in [0.717, 1.165) is 20.3 Å². The van der Waals surface area contributed by atoms with Crippen LogP contribution in [0.15, 0.2) is 54.6 Å². The van der Waals surface area contributed by atoms with Gasteiger partial charge < -0.3 is 24.8 Å². The van der Waals surface area contributed by atoms with Crippen LogP contribution in [-0.4, -0.2) is 29.8 Å². The highest BCUT2D eigenvalue weighted by Gasteiger charge is 2.22. The maximum atomic E-state index is 12.5. The molecule has 0 saturated heterocycles. The first kappa shape index (κ1) is 20.3. The Balaban J connectivity index is 1.21. The average molecular weight is 468 g/mol. The normalized spacial score (nSPS) is 13.0. The Kier molecular flexibility index (Phi) is 5.38. The van der Waals surface area contributed by atoms with E-state index < -0.39 is 18.0 Å². The van der Waals surface area contributed by atoms with Gasteiger partial charge in [0.05, 0.1) is 4.70 Å². The number of nitrogens with one attached hydrogen (secondary N) is 2. The van der Waals surface area contributed by atoms with Crippen LogP contribution in [0.1, 0.15) is 16.6 Å². The van der Waals surface area contributed by atoms with Gasteiger partial charge in [-0.25, -0.2) is 9.78 Å². The van der Waals surface area contributed by atoms with Crippen LogP contribution in [0, 0.1) is 0 Å². The number of fused-ring (bicyclic) bond motifs is 2. The number of hydrogen-bond donors (Lipinski definition) is 2. The van der Waals surface area contributed by atoms with E-state index in [2.05, 4.69) is 15.6 Å². The van der Waals surface area contributed by atoms with Crippen LogP contribution in [0.25, 0.3) is 9.53 Å². The summed E-state index contributed by atoms with van der Waals surface area (Å²) in [6.07, 6.45) is -0.976. The lowest BCUT2D eigenvalue weighted by molar-refractivity contribution is -0.123. The molecular weight excluding hydrogens is 450 g/mol. The van der Waals surface area contributed by atoms with E-state index in [1.807, 2.05) is 30.3 Å². The quantitative estimate of drug-likeness (QED) is 0.385. The molecule has 1 amide bonds. The highest BCUT2D eigenvalue weighted by Crippen LogP contribution is 2.35. The lowest BCUT2D eigenvalue weighted by Crippen LogP contribution is -2.29. The zero-order valence-corrected chi connectivity index (χ0v) is 18.4. The molecule has 5 rings (SSSR count). The summed E-state index contributed by atoms with van der Waals surface area (Å²) in [5.41, 5.74) is 1.47. The first-order valence-electron chi connectivity index (χ1n) is 9.69. The molecule has 0 spiro atoms. The number of anilines is 3. The predicted octanol–water partition coefficient (Wildman–Crippen LogP) is 5.01. The summed E-state index contributed by atoms with van der Waals surface area (Å²) in [4.78, 5) is 30.6. The topological polar surface area (TPSA) is 98.8 Å². The smallest absolute Gasteiger partial charge is 0.349 e. The molecule has 0 bridgehead atoms. The summed E-state index contributed by atoms with van der Waals surface area (Å²) in [6.45, 7) is 1.67. The van der Waals surface area contributed by atoms with Crippen molar-refractivity contribution in [3.63, 3.8) is 0 Å². The summed E-state index contributed by atoms with van der Waals surface area (Å²) >= 11 is 2.68. The van der Waals surface area contributed by atoms with Crippen molar-refractivity contribution in [3.8, 4) is 11.5 Å². The van der Waals surface area contributed by atoms with Crippen LogP contribution in [-0.2, 0) is 9.53 Å². The standard InChI is InChI=1S/C22H17N3O5S2/c1-12(19(26)23-14-7-8-15-16(9-14)29-11-28-15)30-21(27)18-10-17-20(31-18)25-22(32-17)24-13-5-3-2-4-6-13/h2-10,12H,11H2,1H3,(H,23,26)(H,24,25). The third-order valence-electron chi connectivity index (χ3n) is 4.61. The molecule has 0 radical (unpaired) electrons. The SMILES string of the molecule is CC(OC(=O)c1cc2sc(Nc3ccccc3)nc2s1)C(=O)Nc1ccc2c(c1)OCO2. The van der Waals surface area contributed by atoms with Crippen LogP contribution in [0.3, 0.4) is 0 Å². The van der Waals surface area contributed by atoms with Gasteiger partial charge in [0.25, 0.3) is 5.91 Å². The molecule has 1 aliphatic rings. The van der Waals surface area contributed by atoms with Gasteiger partial charge >= 0.3 is 5.97 Å². The molecule has 1 atom stereocenters. The number of thiazole rings is 1. The monoisotopic (exact) mass is 467 g/mol. The van der Waals surface area contributed by atoms with Crippen molar-refractivity contribution in [2.45, 2.75) is 13.0 Å². The van der Waals surface area contributed by atoms with Crippen molar-refractivity contribution in [2.75, 3.05) is 17.4 Å². The van der Waals surface area contributed by atoms with E-state index in [9.17, 15) is 9.59 Å². The number of benzene rings is 2. The average Bonchev–Trinajstić information content (AvgIpc) is 3.49. The summed E-state index contributed by atoms with van der Waals surface area (Å²) in [6, 6.07) is 16.5. The van der Waals surface area contributed by atoms with E-state index in [4.69, 9.17) is 14.2 Å². The number of carbonyl (C=O) groups is 2. The van der Waals surface area contributed by atoms with Crippen LogP contribution in [0.2, 0.25) is 0 Å². The van der Waals surface area contributed by atoms with Gasteiger partial charge in [0.15, 0.2) is 22.7 Å². The van der Waals surface area contributed by atoms with Crippen LogP contribution >= 0.6 is 22.7 Å². The molecule has 3 heterocycles. The third-order valence-corrected chi connectivity index (χ3v) is 6.66. The molecule has 0 fully saturated rings. The Hall–Kier alpha value is -3.63. The van der Waals surface area contributed by atoms with Crippen LogP contribution in [0.4, 0.5) is 16.5 Å². The number of ether oxygens (including phenoxy) is 3. The zero-order chi connectivity index (χ0) is 22.1. The highest BCUT2D eigenvalue weighted by atomic mass is 32.1. The molecule has 0 saturated carbocycles. The van der Waals surface area contributed by atoms with E-state index in [1.54, 1.807) is 24.3 Å². The number of aromatic nitrogens is 1. The Labute approximate surface area is 190 Å². The molecule has 2 N–H and O–H groups in total. The second-order valence-corrected chi connectivity index (χ2v) is 8.96. The van der Waals surface area contributed by atoms with Gasteiger partial charge in [-0.15, -0.1) is 11.3 Å². The number of carbonyl (C=O) groups excluding carboxylic acids is 2. The van der Waals surface area contributed by atoms with Crippen molar-refractivity contribution < 1.29 is 23.8 Å². The fourth-order valence-corrected chi connectivity index (χ4v) is 5.04. The van der Waals surface area contributed by atoms with E-state index in [0.29, 0.717) is 22.1 Å². The number of esters is 1. The summed E-state index contributed by atoms with van der Waals surface area (Å²) in [5.74, 6) is 0.171. The predicted molar refractivity (Wildman–Crippen MR) is 123 cm³/mol. The van der Waals surface area contributed by atoms with E-state index in [1.165, 1.54) is 29.6 Å². The van der Waals surface area contributed by atoms with Gasteiger partial charge in [-0.05, 0) is 37.3 Å². The van der Waals surface area contributed by atoms with Gasteiger partial charge in [0.2, 0.25) is 6.79 Å². The molecule has 4 aromatic rings. The highest BCUT2D eigenvalue weighted by molar-refractivity contribution is 7.29. The Morgan fingerprint density at radius 3 is 2.66 bits per heavy atom. The fraction of sp³-hybridized carbons (Fsp3) is 0.136. The minimum Gasteiger partial charge on any atom is -0.454 e. The molecule has 8 nitrogen and oxygen atoms in total. The largest absolute Gasteiger partial charge is 0.454 e. The lowest BCUT2D eigenvalue weighted by atomic mass is 10.2. The summed E-state index contributed by atoms with van der Waals surface area (Å²) < 4.78 is 16.8. The third kappa shape index (κ3) is 4.23. The first-order valence-corrected chi connectivity index (χ1v) is 11.3.